The minimum absolute atomic E-state index is 0.255. The molecule has 5 nitrogen and oxygen atoms in total. The summed E-state index contributed by atoms with van der Waals surface area (Å²) < 4.78 is 25.1. The van der Waals surface area contributed by atoms with Crippen LogP contribution >= 0.6 is 11.3 Å². The fourth-order valence-electron chi connectivity index (χ4n) is 4.59. The van der Waals surface area contributed by atoms with Gasteiger partial charge in [-0.25, -0.2) is 4.39 Å². The molecule has 168 valence electrons. The molecule has 0 bridgehead atoms. The van der Waals surface area contributed by atoms with Crippen molar-refractivity contribution in [1.82, 2.24) is 0 Å². The number of aliphatic hydroxyl groups is 3. The van der Waals surface area contributed by atoms with E-state index in [-0.39, 0.29) is 12.4 Å². The maximum atomic E-state index is 13.2. The summed E-state index contributed by atoms with van der Waals surface area (Å²) in [5.41, 5.74) is 4.73. The first-order valence-electron chi connectivity index (χ1n) is 10.6. The number of ether oxygens (including phenoxy) is 2. The van der Waals surface area contributed by atoms with Crippen LogP contribution < -0.4 is 0 Å². The zero-order valence-corrected chi connectivity index (χ0v) is 18.6. The Morgan fingerprint density at radius 2 is 1.81 bits per heavy atom. The Hall–Kier alpha value is -2.13. The smallest absolute Gasteiger partial charge is 0.225 e. The number of hydrogen-bond acceptors (Lipinski definition) is 6. The Morgan fingerprint density at radius 1 is 1.06 bits per heavy atom. The lowest BCUT2D eigenvalue weighted by Crippen LogP contribution is -2.62. The van der Waals surface area contributed by atoms with Gasteiger partial charge in [0.05, 0.1) is 12.7 Å². The van der Waals surface area contributed by atoms with E-state index in [0.717, 1.165) is 32.0 Å². The van der Waals surface area contributed by atoms with Gasteiger partial charge in [-0.2, -0.15) is 0 Å². The van der Waals surface area contributed by atoms with Crippen LogP contribution in [0.5, 0.6) is 0 Å². The van der Waals surface area contributed by atoms with Crippen molar-refractivity contribution in [2.75, 3.05) is 0 Å². The molecule has 2 aliphatic rings. The molecule has 0 aliphatic carbocycles. The lowest BCUT2D eigenvalue weighted by Gasteiger charge is -2.45. The van der Waals surface area contributed by atoms with Gasteiger partial charge in [0.25, 0.3) is 0 Å². The molecule has 0 radical (unpaired) electrons. The number of fused-ring (bicyclic) bond motifs is 2. The zero-order chi connectivity index (χ0) is 22.6. The number of hydrogen-bond donors (Lipinski definition) is 3. The highest BCUT2D eigenvalue weighted by atomic mass is 32.1. The topological polar surface area (TPSA) is 79.2 Å². The van der Waals surface area contributed by atoms with E-state index in [1.165, 1.54) is 12.1 Å². The van der Waals surface area contributed by atoms with E-state index in [1.54, 1.807) is 30.4 Å². The minimum atomic E-state index is -1.50. The number of aliphatic hydroxyl groups excluding tert-OH is 3. The maximum absolute atomic E-state index is 13.2. The van der Waals surface area contributed by atoms with Crippen LogP contribution in [0.2, 0.25) is 0 Å². The summed E-state index contributed by atoms with van der Waals surface area (Å²) in [5, 5.41) is 31.3. The average molecular weight is 457 g/mol. The first-order chi connectivity index (χ1) is 15.3. The molecular formula is C25H25FO5S. The van der Waals surface area contributed by atoms with Crippen LogP contribution in [-0.4, -0.2) is 39.7 Å². The summed E-state index contributed by atoms with van der Waals surface area (Å²) in [4.78, 5) is 2.21. The number of halogens is 1. The van der Waals surface area contributed by atoms with Crippen LogP contribution in [-0.2, 0) is 28.3 Å². The van der Waals surface area contributed by atoms with Crippen LogP contribution in [0.15, 0.2) is 48.5 Å². The molecule has 1 spiro atoms. The normalized spacial score (nSPS) is 29.4. The zero-order valence-electron chi connectivity index (χ0n) is 17.8. The molecule has 7 heteroatoms. The molecule has 0 unspecified atom stereocenters. The second kappa shape index (κ2) is 8.02. The summed E-state index contributed by atoms with van der Waals surface area (Å²) in [7, 11) is 0. The van der Waals surface area contributed by atoms with E-state index in [4.69, 9.17) is 9.47 Å². The van der Waals surface area contributed by atoms with Crippen molar-refractivity contribution in [2.24, 2.45) is 0 Å². The van der Waals surface area contributed by atoms with Crippen LogP contribution in [0.4, 0.5) is 4.39 Å². The van der Waals surface area contributed by atoms with Crippen molar-refractivity contribution < 1.29 is 29.2 Å². The minimum Gasteiger partial charge on any atom is -0.388 e. The molecule has 2 aliphatic heterocycles. The van der Waals surface area contributed by atoms with Crippen molar-refractivity contribution in [3.05, 3.63) is 81.5 Å². The van der Waals surface area contributed by atoms with E-state index >= 15 is 0 Å². The predicted octanol–water partition coefficient (Wildman–Crippen LogP) is 3.64. The third-order valence-corrected chi connectivity index (χ3v) is 7.57. The molecule has 0 amide bonds. The van der Waals surface area contributed by atoms with E-state index in [1.807, 2.05) is 25.1 Å². The lowest BCUT2D eigenvalue weighted by atomic mass is 9.86. The largest absolute Gasteiger partial charge is 0.388 e. The van der Waals surface area contributed by atoms with Crippen molar-refractivity contribution in [1.29, 1.82) is 0 Å². The Morgan fingerprint density at radius 3 is 2.56 bits per heavy atom. The number of thiophene rings is 1. The van der Waals surface area contributed by atoms with Crippen LogP contribution in [0, 0.1) is 12.7 Å². The molecular weight excluding hydrogens is 431 g/mol. The SMILES string of the molecule is Cc1cc2c(cc1Cc1ccc(-c3ccc(F)cc3)s1)[C@]1(OC2)O[C@H](C)[C@@H](O)[C@H](O)[C@H]1O. The van der Waals surface area contributed by atoms with Gasteiger partial charge in [-0.15, -0.1) is 11.3 Å². The van der Waals surface area contributed by atoms with Gasteiger partial charge in [-0.3, -0.25) is 0 Å². The standard InChI is InChI=1S/C25H25FO5S/c1-13-9-17-12-30-25(24(29)23(28)22(27)14(2)31-25)20(17)11-16(13)10-19-7-8-21(32-19)15-3-5-18(26)6-4-15/h3-9,11,14,22-24,27-29H,10,12H2,1-2H3/t14-,22-,23+,24-,25+/m1/s1. The summed E-state index contributed by atoms with van der Waals surface area (Å²) in [6, 6.07) is 14.6. The second-order valence-corrected chi connectivity index (χ2v) is 9.76. The molecule has 32 heavy (non-hydrogen) atoms. The van der Waals surface area contributed by atoms with Gasteiger partial charge in [0.15, 0.2) is 0 Å². The molecule has 3 aromatic rings. The monoisotopic (exact) mass is 456 g/mol. The Bertz CT molecular complexity index is 1140. The van der Waals surface area contributed by atoms with Crippen molar-refractivity contribution in [3.63, 3.8) is 0 Å². The highest BCUT2D eigenvalue weighted by Gasteiger charge is 2.57. The summed E-state index contributed by atoms with van der Waals surface area (Å²) in [6.07, 6.45) is -3.98. The van der Waals surface area contributed by atoms with E-state index in [0.29, 0.717) is 12.0 Å². The van der Waals surface area contributed by atoms with Gasteiger partial charge in [0.1, 0.15) is 24.1 Å². The molecule has 1 aromatic heterocycles. The lowest BCUT2D eigenvalue weighted by molar-refractivity contribution is -0.362. The van der Waals surface area contributed by atoms with E-state index < -0.39 is 30.2 Å². The first-order valence-corrected chi connectivity index (χ1v) is 11.4. The molecule has 3 heterocycles. The molecule has 5 rings (SSSR count). The van der Waals surface area contributed by atoms with Gasteiger partial charge >= 0.3 is 0 Å². The Kier molecular flexibility index (Phi) is 5.44. The number of rotatable bonds is 3. The quantitative estimate of drug-likeness (QED) is 0.561. The first kappa shape index (κ1) is 21.7. The molecule has 1 fully saturated rings. The van der Waals surface area contributed by atoms with Gasteiger partial charge in [-0.1, -0.05) is 18.2 Å². The van der Waals surface area contributed by atoms with E-state index in [2.05, 4.69) is 6.07 Å². The average Bonchev–Trinajstić information content (AvgIpc) is 3.37. The van der Waals surface area contributed by atoms with Crippen LogP contribution in [0.25, 0.3) is 10.4 Å². The van der Waals surface area contributed by atoms with Gasteiger partial charge < -0.3 is 24.8 Å². The van der Waals surface area contributed by atoms with Crippen molar-refractivity contribution in [2.45, 2.75) is 57.1 Å². The highest BCUT2D eigenvalue weighted by molar-refractivity contribution is 7.15. The Balaban J connectivity index is 1.46. The molecule has 2 aromatic carbocycles. The molecule has 1 saturated heterocycles. The van der Waals surface area contributed by atoms with Crippen molar-refractivity contribution >= 4 is 11.3 Å². The molecule has 5 atom stereocenters. The highest BCUT2D eigenvalue weighted by Crippen LogP contribution is 2.46. The molecule has 3 N–H and O–H groups in total. The van der Waals surface area contributed by atoms with Gasteiger partial charge in [0.2, 0.25) is 5.79 Å². The third-order valence-electron chi connectivity index (χ3n) is 6.44. The predicted molar refractivity (Wildman–Crippen MR) is 119 cm³/mol. The molecule has 0 saturated carbocycles. The van der Waals surface area contributed by atoms with E-state index in [9.17, 15) is 19.7 Å². The summed E-state index contributed by atoms with van der Waals surface area (Å²) in [5.74, 6) is -1.75. The fraction of sp³-hybridized carbons (Fsp3) is 0.360. The van der Waals surface area contributed by atoms with Crippen LogP contribution in [0.3, 0.4) is 0 Å². The summed E-state index contributed by atoms with van der Waals surface area (Å²) >= 11 is 1.65. The van der Waals surface area contributed by atoms with Crippen molar-refractivity contribution in [3.8, 4) is 10.4 Å². The summed E-state index contributed by atoms with van der Waals surface area (Å²) in [6.45, 7) is 3.95. The number of aryl methyl sites for hydroxylation is 1. The van der Waals surface area contributed by atoms with Gasteiger partial charge in [-0.05, 0) is 66.4 Å². The third kappa shape index (κ3) is 3.50. The van der Waals surface area contributed by atoms with Gasteiger partial charge in [0, 0.05) is 21.7 Å². The maximum Gasteiger partial charge on any atom is 0.225 e. The fourth-order valence-corrected chi connectivity index (χ4v) is 5.62. The van der Waals surface area contributed by atoms with Crippen LogP contribution in [0.1, 0.15) is 34.1 Å². The number of benzene rings is 2. The Labute approximate surface area is 189 Å². The second-order valence-electron chi connectivity index (χ2n) is 8.59.